The highest BCUT2D eigenvalue weighted by atomic mass is 28.3. The molecule has 2 heterocycles. The number of carboxylic acid groups (broad SMARTS) is 1. The molecule has 150 valence electrons. The summed E-state index contributed by atoms with van der Waals surface area (Å²) in [6.07, 6.45) is 1.78. The van der Waals surface area contributed by atoms with Crippen molar-refractivity contribution in [3.63, 3.8) is 0 Å². The Kier molecular flexibility index (Phi) is 4.57. The van der Waals surface area contributed by atoms with Gasteiger partial charge in [0.15, 0.2) is 0 Å². The molecule has 0 amide bonds. The first kappa shape index (κ1) is 19.4. The van der Waals surface area contributed by atoms with Crippen molar-refractivity contribution in [2.75, 3.05) is 0 Å². The summed E-state index contributed by atoms with van der Waals surface area (Å²) in [6, 6.07) is 10.8. The van der Waals surface area contributed by atoms with Crippen LogP contribution >= 0.6 is 0 Å². The van der Waals surface area contributed by atoms with Gasteiger partial charge >= 0.3 is 5.97 Å². The van der Waals surface area contributed by atoms with Gasteiger partial charge in [-0.2, -0.15) is 5.10 Å². The number of H-pyrrole nitrogens is 1. The zero-order chi connectivity index (χ0) is 20.9. The molecular formula is C22H24FN3O2Si. The minimum atomic E-state index is -2.33. The van der Waals surface area contributed by atoms with Crippen molar-refractivity contribution in [1.82, 2.24) is 14.8 Å². The van der Waals surface area contributed by atoms with Crippen molar-refractivity contribution in [2.45, 2.75) is 38.9 Å². The number of aliphatic carboxylic acids is 1. The zero-order valence-corrected chi connectivity index (χ0v) is 18.0. The Balaban J connectivity index is 2.16. The van der Waals surface area contributed by atoms with E-state index in [0.29, 0.717) is 0 Å². The highest BCUT2D eigenvalue weighted by molar-refractivity contribution is 6.93. The van der Waals surface area contributed by atoms with Gasteiger partial charge in [-0.05, 0) is 47.5 Å². The number of nitrogens with zero attached hydrogens (tertiary/aromatic N) is 2. The fourth-order valence-electron chi connectivity index (χ4n) is 4.34. The van der Waals surface area contributed by atoms with E-state index in [9.17, 15) is 14.3 Å². The number of nitrogens with one attached hydrogen (secondary N) is 1. The molecule has 0 aliphatic carbocycles. The number of rotatable bonds is 5. The number of halogens is 1. The van der Waals surface area contributed by atoms with Crippen molar-refractivity contribution >= 4 is 41.0 Å². The van der Waals surface area contributed by atoms with Crippen LogP contribution in [0.2, 0.25) is 19.1 Å². The second-order valence-corrected chi connectivity index (χ2v) is 13.1. The molecule has 0 aliphatic heterocycles. The summed E-state index contributed by atoms with van der Waals surface area (Å²) >= 11 is 0. The number of benzene rings is 2. The lowest BCUT2D eigenvalue weighted by molar-refractivity contribution is -0.134. The third-order valence-electron chi connectivity index (χ3n) is 5.47. The van der Waals surface area contributed by atoms with Crippen LogP contribution in [-0.2, 0) is 4.79 Å². The number of aromatic nitrogens is 3. The zero-order valence-electron chi connectivity index (χ0n) is 17.0. The number of aromatic amines is 1. The van der Waals surface area contributed by atoms with Crippen LogP contribution in [0.3, 0.4) is 0 Å². The summed E-state index contributed by atoms with van der Waals surface area (Å²) in [5.41, 5.74) is 3.89. The molecule has 0 atom stereocenters. The fourth-order valence-corrected chi connectivity index (χ4v) is 7.29. The van der Waals surface area contributed by atoms with E-state index in [1.54, 1.807) is 18.3 Å². The Hall–Kier alpha value is -2.93. The van der Waals surface area contributed by atoms with Gasteiger partial charge in [0, 0.05) is 28.2 Å². The number of hydrogen-bond donors (Lipinski definition) is 2. The Morgan fingerprint density at radius 3 is 2.55 bits per heavy atom. The second-order valence-electron chi connectivity index (χ2n) is 8.51. The van der Waals surface area contributed by atoms with E-state index in [0.717, 1.165) is 38.4 Å². The van der Waals surface area contributed by atoms with E-state index in [1.807, 2.05) is 0 Å². The van der Waals surface area contributed by atoms with Gasteiger partial charge in [-0.15, -0.1) is 0 Å². The molecule has 4 aromatic rings. The van der Waals surface area contributed by atoms with E-state index in [4.69, 9.17) is 0 Å². The maximum atomic E-state index is 13.6. The summed E-state index contributed by atoms with van der Waals surface area (Å²) in [7, 11) is -2.33. The van der Waals surface area contributed by atoms with Gasteiger partial charge in [-0.25, -0.2) is 4.39 Å². The molecule has 29 heavy (non-hydrogen) atoms. The third kappa shape index (κ3) is 3.25. The smallest absolute Gasteiger partial charge is 0.300 e. The number of carbonyl (C=O) groups is 1. The highest BCUT2D eigenvalue weighted by Gasteiger charge is 2.35. The van der Waals surface area contributed by atoms with Gasteiger partial charge in [-0.1, -0.05) is 26.9 Å². The molecule has 0 spiro atoms. The SMILES string of the molecule is CC(C)c1c([Si](C)(C)CC(=O)O)c2cc3[nH]ncc3cc2n1-c1ccc(F)cc1. The molecule has 2 aromatic carbocycles. The van der Waals surface area contributed by atoms with E-state index < -0.39 is 14.0 Å². The van der Waals surface area contributed by atoms with Crippen molar-refractivity contribution < 1.29 is 14.3 Å². The van der Waals surface area contributed by atoms with Crippen molar-refractivity contribution in [1.29, 1.82) is 0 Å². The van der Waals surface area contributed by atoms with Gasteiger partial charge in [0.2, 0.25) is 0 Å². The quantitative estimate of drug-likeness (QED) is 0.467. The largest absolute Gasteiger partial charge is 0.481 e. The lowest BCUT2D eigenvalue weighted by Gasteiger charge is -2.24. The van der Waals surface area contributed by atoms with E-state index in [-0.39, 0.29) is 17.8 Å². The molecule has 0 bridgehead atoms. The van der Waals surface area contributed by atoms with Crippen LogP contribution in [0.5, 0.6) is 0 Å². The Morgan fingerprint density at radius 1 is 1.24 bits per heavy atom. The van der Waals surface area contributed by atoms with Crippen LogP contribution in [-0.4, -0.2) is 33.9 Å². The lowest BCUT2D eigenvalue weighted by Crippen LogP contribution is -2.45. The standard InChI is InChI=1S/C22H24FN3O2Si/c1-13(2)21-22(29(3,4)12-20(27)28)17-10-18-14(11-24-25-18)9-19(17)26(21)16-7-5-15(23)6-8-16/h5-11,13H,12H2,1-4H3,(H,24,25)(H,27,28). The summed E-state index contributed by atoms with van der Waals surface area (Å²) in [6.45, 7) is 8.45. The fraction of sp³-hybridized carbons (Fsp3) is 0.273. The minimum absolute atomic E-state index is 0.149. The molecular weight excluding hydrogens is 385 g/mol. The van der Waals surface area contributed by atoms with Gasteiger partial charge in [-0.3, -0.25) is 9.89 Å². The van der Waals surface area contributed by atoms with Crippen LogP contribution < -0.4 is 5.19 Å². The topological polar surface area (TPSA) is 70.9 Å². The predicted octanol–water partition coefficient (Wildman–Crippen LogP) is 4.77. The van der Waals surface area contributed by atoms with Gasteiger partial charge in [0.1, 0.15) is 5.82 Å². The molecule has 0 saturated carbocycles. The van der Waals surface area contributed by atoms with Crippen LogP contribution in [0.1, 0.15) is 25.5 Å². The maximum absolute atomic E-state index is 13.6. The summed E-state index contributed by atoms with van der Waals surface area (Å²) in [5.74, 6) is -0.893. The van der Waals surface area contributed by atoms with Crippen LogP contribution in [0.15, 0.2) is 42.6 Å². The molecule has 7 heteroatoms. The Morgan fingerprint density at radius 2 is 1.93 bits per heavy atom. The summed E-state index contributed by atoms with van der Waals surface area (Å²) < 4.78 is 15.8. The van der Waals surface area contributed by atoms with Crippen LogP contribution in [0, 0.1) is 5.82 Å². The molecule has 0 aliphatic rings. The first-order chi connectivity index (χ1) is 13.7. The molecule has 0 saturated heterocycles. The van der Waals surface area contributed by atoms with Gasteiger partial charge in [0.25, 0.3) is 0 Å². The van der Waals surface area contributed by atoms with Crippen molar-refractivity contribution in [3.8, 4) is 5.69 Å². The highest BCUT2D eigenvalue weighted by Crippen LogP contribution is 2.33. The average molecular weight is 410 g/mol. The monoisotopic (exact) mass is 409 g/mol. The minimum Gasteiger partial charge on any atom is -0.481 e. The predicted molar refractivity (Wildman–Crippen MR) is 117 cm³/mol. The second kappa shape index (κ2) is 6.84. The van der Waals surface area contributed by atoms with Gasteiger partial charge < -0.3 is 9.67 Å². The molecule has 0 unspecified atom stereocenters. The number of carboxylic acids is 1. The molecule has 2 aromatic heterocycles. The first-order valence-electron chi connectivity index (χ1n) is 9.68. The number of hydrogen-bond acceptors (Lipinski definition) is 2. The Bertz CT molecular complexity index is 1220. The summed E-state index contributed by atoms with van der Waals surface area (Å²) in [4.78, 5) is 11.7. The maximum Gasteiger partial charge on any atom is 0.300 e. The lowest BCUT2D eigenvalue weighted by atomic mass is 10.1. The van der Waals surface area contributed by atoms with Crippen molar-refractivity contribution in [2.24, 2.45) is 0 Å². The first-order valence-corrected chi connectivity index (χ1v) is 12.9. The van der Waals surface area contributed by atoms with Gasteiger partial charge in [0.05, 0.1) is 25.3 Å². The van der Waals surface area contributed by atoms with Crippen molar-refractivity contribution in [3.05, 3.63) is 54.1 Å². The average Bonchev–Trinajstić information content (AvgIpc) is 3.21. The number of fused-ring (bicyclic) bond motifs is 2. The molecule has 2 N–H and O–H groups in total. The van der Waals surface area contributed by atoms with E-state index in [1.165, 1.54) is 12.1 Å². The Labute approximate surface area is 169 Å². The normalized spacial score (nSPS) is 12.3. The van der Waals surface area contributed by atoms with E-state index in [2.05, 4.69) is 53.8 Å². The van der Waals surface area contributed by atoms with Crippen LogP contribution in [0.25, 0.3) is 27.5 Å². The molecule has 0 fully saturated rings. The molecule has 4 rings (SSSR count). The summed E-state index contributed by atoms with van der Waals surface area (Å²) in [5, 5.41) is 19.9. The molecule has 0 radical (unpaired) electrons. The van der Waals surface area contributed by atoms with E-state index >= 15 is 0 Å². The molecule has 5 nitrogen and oxygen atoms in total. The third-order valence-corrected chi connectivity index (χ3v) is 8.53. The van der Waals surface area contributed by atoms with Crippen LogP contribution in [0.4, 0.5) is 4.39 Å².